The maximum absolute atomic E-state index is 9.04. The molecule has 0 radical (unpaired) electrons. The van der Waals surface area contributed by atoms with Crippen LogP contribution in [0.25, 0.3) is 0 Å². The third-order valence-electron chi connectivity index (χ3n) is 3.29. The van der Waals surface area contributed by atoms with E-state index in [9.17, 15) is 0 Å². The summed E-state index contributed by atoms with van der Waals surface area (Å²) in [5.41, 5.74) is 3.23. The van der Waals surface area contributed by atoms with Gasteiger partial charge in [0.05, 0.1) is 4.08 Å². The van der Waals surface area contributed by atoms with Crippen molar-refractivity contribution in [2.24, 2.45) is 0 Å². The van der Waals surface area contributed by atoms with E-state index in [4.69, 9.17) is 17.4 Å². The molecule has 0 spiro atoms. The molecule has 1 aliphatic heterocycles. The van der Waals surface area contributed by atoms with Crippen LogP contribution >= 0.6 is 50.1 Å². The zero-order valence-electron chi connectivity index (χ0n) is 10.2. The Kier molecular flexibility index (Phi) is 4.75. The van der Waals surface area contributed by atoms with Gasteiger partial charge in [0.15, 0.2) is 0 Å². The fraction of sp³-hybridized carbons (Fsp3) is 0.417. The van der Waals surface area contributed by atoms with Crippen molar-refractivity contribution in [2.75, 3.05) is 13.1 Å². The normalized spacial score (nSPS) is 26.3. The standard InChI is InChI=1S/C12H16N2OS4/c15-13-10(16)11(17)7-14(8-12(11,18)19)6-9-4-2-1-3-5-9/h1-5,15,17-19H,6-8H2,(H,13,16). The van der Waals surface area contributed by atoms with Crippen molar-refractivity contribution < 1.29 is 5.21 Å². The summed E-state index contributed by atoms with van der Waals surface area (Å²) in [6, 6.07) is 10.1. The van der Waals surface area contributed by atoms with Crippen molar-refractivity contribution in [3.63, 3.8) is 0 Å². The monoisotopic (exact) mass is 332 g/mol. The molecule has 0 saturated carbocycles. The summed E-state index contributed by atoms with van der Waals surface area (Å²) in [5, 5.41) is 9.04. The summed E-state index contributed by atoms with van der Waals surface area (Å²) in [6.45, 7) is 1.98. The van der Waals surface area contributed by atoms with Crippen LogP contribution in [-0.2, 0) is 6.54 Å². The number of benzene rings is 1. The topological polar surface area (TPSA) is 35.5 Å². The van der Waals surface area contributed by atoms with Gasteiger partial charge in [-0.15, -0.1) is 0 Å². The Morgan fingerprint density at radius 3 is 2.47 bits per heavy atom. The molecule has 1 aliphatic rings. The largest absolute Gasteiger partial charge is 0.295 e. The van der Waals surface area contributed by atoms with Gasteiger partial charge in [0.25, 0.3) is 0 Å². The van der Waals surface area contributed by atoms with E-state index in [0.29, 0.717) is 13.1 Å². The minimum Gasteiger partial charge on any atom is -0.295 e. The average molecular weight is 333 g/mol. The summed E-state index contributed by atoms with van der Waals surface area (Å²) >= 11 is 18.8. The summed E-state index contributed by atoms with van der Waals surface area (Å²) in [4.78, 5) is 2.42. The number of hydroxylamine groups is 1. The van der Waals surface area contributed by atoms with Gasteiger partial charge in [0.2, 0.25) is 0 Å². The molecule has 1 unspecified atom stereocenters. The fourth-order valence-corrected chi connectivity index (χ4v) is 3.72. The highest BCUT2D eigenvalue weighted by Gasteiger charge is 2.54. The Morgan fingerprint density at radius 1 is 1.26 bits per heavy atom. The Morgan fingerprint density at radius 2 is 1.89 bits per heavy atom. The van der Waals surface area contributed by atoms with Crippen LogP contribution in [0.3, 0.4) is 0 Å². The number of hydrogen-bond acceptors (Lipinski definition) is 6. The smallest absolute Gasteiger partial charge is 0.120 e. The molecule has 19 heavy (non-hydrogen) atoms. The Bertz CT molecular complexity index is 468. The molecule has 7 heteroatoms. The van der Waals surface area contributed by atoms with Crippen LogP contribution in [0.5, 0.6) is 0 Å². The van der Waals surface area contributed by atoms with Crippen molar-refractivity contribution in [3.8, 4) is 0 Å². The Balaban J connectivity index is 2.14. The van der Waals surface area contributed by atoms with Crippen LogP contribution in [0.4, 0.5) is 0 Å². The van der Waals surface area contributed by atoms with Crippen LogP contribution in [0, 0.1) is 0 Å². The lowest BCUT2D eigenvalue weighted by Gasteiger charge is -2.33. The van der Waals surface area contributed by atoms with Crippen molar-refractivity contribution >= 4 is 55.1 Å². The van der Waals surface area contributed by atoms with E-state index in [1.54, 1.807) is 0 Å². The van der Waals surface area contributed by atoms with Crippen LogP contribution in [0.1, 0.15) is 5.56 Å². The lowest BCUT2D eigenvalue weighted by atomic mass is 10.1. The molecule has 2 N–H and O–H groups in total. The van der Waals surface area contributed by atoms with E-state index in [-0.39, 0.29) is 4.99 Å². The number of nitrogens with zero attached hydrogens (tertiary/aromatic N) is 1. The fourth-order valence-electron chi connectivity index (χ4n) is 2.25. The van der Waals surface area contributed by atoms with Gasteiger partial charge in [-0.25, -0.2) is 0 Å². The molecule has 1 atom stereocenters. The first-order valence-corrected chi connectivity index (χ1v) is 7.52. The molecule has 0 aromatic heterocycles. The molecule has 0 bridgehead atoms. The molecule has 104 valence electrons. The van der Waals surface area contributed by atoms with Crippen molar-refractivity contribution in [1.82, 2.24) is 10.4 Å². The average Bonchev–Trinajstić information content (AvgIpc) is 2.60. The highest BCUT2D eigenvalue weighted by atomic mass is 32.2. The summed E-state index contributed by atoms with van der Waals surface area (Å²) < 4.78 is -1.49. The predicted octanol–water partition coefficient (Wildman–Crippen LogP) is 2.03. The summed E-state index contributed by atoms with van der Waals surface area (Å²) in [6.07, 6.45) is 0. The van der Waals surface area contributed by atoms with Gasteiger partial charge in [-0.3, -0.25) is 15.6 Å². The first-order chi connectivity index (χ1) is 8.89. The van der Waals surface area contributed by atoms with Gasteiger partial charge in [0.1, 0.15) is 9.74 Å². The maximum Gasteiger partial charge on any atom is 0.120 e. The molecule has 1 aromatic carbocycles. The van der Waals surface area contributed by atoms with Crippen molar-refractivity contribution in [3.05, 3.63) is 35.9 Å². The maximum atomic E-state index is 9.04. The third-order valence-corrected chi connectivity index (χ3v) is 6.02. The van der Waals surface area contributed by atoms with Gasteiger partial charge in [-0.2, -0.15) is 37.9 Å². The molecule has 3 nitrogen and oxygen atoms in total. The van der Waals surface area contributed by atoms with Gasteiger partial charge in [-0.05, 0) is 5.56 Å². The van der Waals surface area contributed by atoms with Gasteiger partial charge >= 0.3 is 0 Å². The zero-order valence-corrected chi connectivity index (χ0v) is 13.7. The minimum absolute atomic E-state index is 0.247. The third kappa shape index (κ3) is 3.06. The van der Waals surface area contributed by atoms with Crippen LogP contribution < -0.4 is 5.48 Å². The predicted molar refractivity (Wildman–Crippen MR) is 91.7 cm³/mol. The molecular formula is C12H16N2OS4. The zero-order chi connectivity index (χ0) is 14.1. The van der Waals surface area contributed by atoms with E-state index in [1.165, 1.54) is 5.56 Å². The minimum atomic E-state index is -0.780. The molecule has 0 aliphatic carbocycles. The van der Waals surface area contributed by atoms with E-state index >= 15 is 0 Å². The van der Waals surface area contributed by atoms with Crippen LogP contribution in [-0.4, -0.2) is 37.0 Å². The van der Waals surface area contributed by atoms with E-state index < -0.39 is 8.83 Å². The second kappa shape index (κ2) is 5.83. The first-order valence-electron chi connectivity index (χ1n) is 5.77. The quantitative estimate of drug-likeness (QED) is 0.254. The molecular weight excluding hydrogens is 316 g/mol. The number of thiol groups is 3. The Hall–Kier alpha value is 0.0800. The van der Waals surface area contributed by atoms with Gasteiger partial charge < -0.3 is 0 Å². The van der Waals surface area contributed by atoms with Gasteiger partial charge in [0, 0.05) is 19.6 Å². The SMILES string of the molecule is ONC(=S)C1(S)CN(Cc2ccccc2)CC1(S)S. The van der Waals surface area contributed by atoms with Crippen LogP contribution in [0.15, 0.2) is 30.3 Å². The summed E-state index contributed by atoms with van der Waals surface area (Å²) in [5.74, 6) is 0. The lowest BCUT2D eigenvalue weighted by molar-refractivity contribution is 0.231. The highest BCUT2D eigenvalue weighted by Crippen LogP contribution is 2.45. The second-order valence-electron chi connectivity index (χ2n) is 4.75. The lowest BCUT2D eigenvalue weighted by Crippen LogP contribution is -2.51. The van der Waals surface area contributed by atoms with E-state index in [1.807, 2.05) is 23.7 Å². The molecule has 1 saturated heterocycles. The van der Waals surface area contributed by atoms with Crippen molar-refractivity contribution in [2.45, 2.75) is 15.4 Å². The number of likely N-dealkylation sites (tertiary alicyclic amines) is 1. The number of nitrogens with one attached hydrogen (secondary N) is 1. The molecule has 1 fully saturated rings. The number of hydrogen-bond donors (Lipinski definition) is 5. The molecule has 2 rings (SSSR count). The van der Waals surface area contributed by atoms with Crippen LogP contribution in [0.2, 0.25) is 0 Å². The Labute approximate surface area is 134 Å². The second-order valence-corrected chi connectivity index (χ2v) is 7.80. The van der Waals surface area contributed by atoms with Gasteiger partial charge in [-0.1, -0.05) is 42.5 Å². The molecule has 0 amide bonds. The number of thiocarbonyl (C=S) groups is 1. The summed E-state index contributed by atoms with van der Waals surface area (Å²) in [7, 11) is 0. The van der Waals surface area contributed by atoms with E-state index in [2.05, 4.69) is 54.9 Å². The first kappa shape index (κ1) is 15.5. The molecule has 1 aromatic rings. The van der Waals surface area contributed by atoms with E-state index in [0.717, 1.165) is 6.54 Å². The molecule has 1 heterocycles. The number of rotatable bonds is 3. The van der Waals surface area contributed by atoms with Crippen molar-refractivity contribution in [1.29, 1.82) is 0 Å². The highest BCUT2D eigenvalue weighted by molar-refractivity contribution is 8.03.